The minimum absolute atomic E-state index is 0.0745. The number of halogens is 2. The van der Waals surface area contributed by atoms with Crippen LogP contribution >= 0.6 is 0 Å². The average Bonchev–Trinajstić information content (AvgIpc) is 3.34. The number of aromatic nitrogens is 3. The number of hydrogen-bond donors (Lipinski definition) is 1. The number of nitrogens with one attached hydrogen (secondary N) is 1. The van der Waals surface area contributed by atoms with Crippen molar-refractivity contribution in [2.45, 2.75) is 26.9 Å². The second-order valence-corrected chi connectivity index (χ2v) is 7.17. The van der Waals surface area contributed by atoms with E-state index in [2.05, 4.69) is 15.5 Å². The first kappa shape index (κ1) is 20.5. The zero-order valence-electron chi connectivity index (χ0n) is 17.0. The van der Waals surface area contributed by atoms with Crippen molar-refractivity contribution < 1.29 is 18.1 Å². The molecule has 8 heteroatoms. The molecule has 0 atom stereocenters. The number of rotatable bonds is 6. The molecular formula is C23H20F2N4O2. The molecule has 4 aromatic rings. The first-order valence-corrected chi connectivity index (χ1v) is 9.69. The lowest BCUT2D eigenvalue weighted by molar-refractivity contribution is -0.121. The molecule has 6 nitrogen and oxygen atoms in total. The van der Waals surface area contributed by atoms with Crippen molar-refractivity contribution in [3.8, 4) is 22.8 Å². The topological polar surface area (TPSA) is 73.0 Å². The molecule has 0 aliphatic heterocycles. The Kier molecular flexibility index (Phi) is 5.62. The Morgan fingerprint density at radius 2 is 1.84 bits per heavy atom. The van der Waals surface area contributed by atoms with E-state index in [1.807, 2.05) is 24.5 Å². The van der Waals surface area contributed by atoms with Gasteiger partial charge in [-0.05, 0) is 50.2 Å². The molecule has 0 aliphatic carbocycles. The first-order valence-electron chi connectivity index (χ1n) is 9.69. The van der Waals surface area contributed by atoms with Crippen LogP contribution in [-0.4, -0.2) is 20.6 Å². The second-order valence-electron chi connectivity index (χ2n) is 7.17. The molecule has 4 rings (SSSR count). The van der Waals surface area contributed by atoms with Crippen molar-refractivity contribution >= 4 is 5.91 Å². The fourth-order valence-electron chi connectivity index (χ4n) is 3.35. The Hall–Kier alpha value is -3.81. The van der Waals surface area contributed by atoms with Gasteiger partial charge in [0.15, 0.2) is 0 Å². The van der Waals surface area contributed by atoms with Gasteiger partial charge in [-0.1, -0.05) is 23.4 Å². The third-order valence-electron chi connectivity index (χ3n) is 5.07. The number of nitrogens with zero attached hydrogens (tertiary/aromatic N) is 3. The standard InChI is InChI=1S/C23H20F2N4O2/c1-14-11-19(23-27-22(28-31-23)16-7-9-18(24)10-8-16)15(2)29(14)13-21(30)26-12-17-5-3-4-6-20(17)25/h3-11H,12-13H2,1-2H3,(H,26,30). The smallest absolute Gasteiger partial charge is 0.260 e. The number of benzene rings is 2. The molecule has 1 amide bonds. The van der Waals surface area contributed by atoms with E-state index in [4.69, 9.17) is 4.52 Å². The highest BCUT2D eigenvalue weighted by Gasteiger charge is 2.19. The van der Waals surface area contributed by atoms with Crippen molar-refractivity contribution in [3.63, 3.8) is 0 Å². The highest BCUT2D eigenvalue weighted by Crippen LogP contribution is 2.27. The summed E-state index contributed by atoms with van der Waals surface area (Å²) in [5, 5.41) is 6.71. The zero-order chi connectivity index (χ0) is 22.0. The Labute approximate surface area is 177 Å². The van der Waals surface area contributed by atoms with E-state index in [9.17, 15) is 13.6 Å². The summed E-state index contributed by atoms with van der Waals surface area (Å²) in [6.07, 6.45) is 0. The first-order chi connectivity index (χ1) is 14.9. The van der Waals surface area contributed by atoms with Crippen LogP contribution in [0.1, 0.15) is 17.0 Å². The monoisotopic (exact) mass is 422 g/mol. The summed E-state index contributed by atoms with van der Waals surface area (Å²) in [6, 6.07) is 14.0. The highest BCUT2D eigenvalue weighted by molar-refractivity contribution is 5.76. The van der Waals surface area contributed by atoms with E-state index in [1.54, 1.807) is 30.3 Å². The third-order valence-corrected chi connectivity index (χ3v) is 5.07. The molecule has 31 heavy (non-hydrogen) atoms. The van der Waals surface area contributed by atoms with Crippen molar-refractivity contribution in [2.24, 2.45) is 0 Å². The molecule has 0 unspecified atom stereocenters. The summed E-state index contributed by atoms with van der Waals surface area (Å²) in [7, 11) is 0. The Balaban J connectivity index is 1.49. The molecule has 0 bridgehead atoms. The molecule has 0 spiro atoms. The van der Waals surface area contributed by atoms with Crippen molar-refractivity contribution in [3.05, 3.63) is 83.2 Å². The summed E-state index contributed by atoms with van der Waals surface area (Å²) in [5.74, 6) is -0.280. The van der Waals surface area contributed by atoms with Crippen molar-refractivity contribution in [1.29, 1.82) is 0 Å². The van der Waals surface area contributed by atoms with Crippen LogP contribution in [0.15, 0.2) is 59.1 Å². The van der Waals surface area contributed by atoms with Gasteiger partial charge in [0.2, 0.25) is 11.7 Å². The molecule has 1 N–H and O–H groups in total. The van der Waals surface area contributed by atoms with E-state index >= 15 is 0 Å². The Bertz CT molecular complexity index is 1230. The van der Waals surface area contributed by atoms with E-state index < -0.39 is 0 Å². The van der Waals surface area contributed by atoms with Gasteiger partial charge in [-0.3, -0.25) is 4.79 Å². The van der Waals surface area contributed by atoms with E-state index in [1.165, 1.54) is 18.2 Å². The lowest BCUT2D eigenvalue weighted by Gasteiger charge is -2.10. The molecule has 0 radical (unpaired) electrons. The summed E-state index contributed by atoms with van der Waals surface area (Å²) in [4.78, 5) is 16.8. The van der Waals surface area contributed by atoms with Gasteiger partial charge in [-0.2, -0.15) is 4.98 Å². The Morgan fingerprint density at radius 1 is 1.10 bits per heavy atom. The molecule has 0 aliphatic rings. The van der Waals surface area contributed by atoms with Crippen LogP contribution in [0.3, 0.4) is 0 Å². The van der Waals surface area contributed by atoms with Gasteiger partial charge in [-0.15, -0.1) is 0 Å². The zero-order valence-corrected chi connectivity index (χ0v) is 17.0. The van der Waals surface area contributed by atoms with Crippen LogP contribution in [0.25, 0.3) is 22.8 Å². The van der Waals surface area contributed by atoms with Gasteiger partial charge >= 0.3 is 0 Å². The predicted molar refractivity (Wildman–Crippen MR) is 111 cm³/mol. The van der Waals surface area contributed by atoms with E-state index in [0.29, 0.717) is 28.4 Å². The average molecular weight is 422 g/mol. The lowest BCUT2D eigenvalue weighted by Crippen LogP contribution is -2.28. The normalized spacial score (nSPS) is 11.0. The van der Waals surface area contributed by atoms with Crippen molar-refractivity contribution in [2.75, 3.05) is 0 Å². The summed E-state index contributed by atoms with van der Waals surface area (Å²) in [5.41, 5.74) is 3.40. The predicted octanol–water partition coefficient (Wildman–Crippen LogP) is 4.42. The quantitative estimate of drug-likeness (QED) is 0.499. The Morgan fingerprint density at radius 3 is 2.58 bits per heavy atom. The minimum Gasteiger partial charge on any atom is -0.350 e. The van der Waals surface area contributed by atoms with Gasteiger partial charge < -0.3 is 14.4 Å². The maximum atomic E-state index is 13.7. The number of aryl methyl sites for hydroxylation is 1. The van der Waals surface area contributed by atoms with E-state index in [0.717, 1.165) is 11.4 Å². The molecule has 0 saturated carbocycles. The number of hydrogen-bond acceptors (Lipinski definition) is 4. The number of amides is 1. The van der Waals surface area contributed by atoms with Crippen LogP contribution < -0.4 is 5.32 Å². The van der Waals surface area contributed by atoms with Gasteiger partial charge in [-0.25, -0.2) is 8.78 Å². The van der Waals surface area contributed by atoms with Crippen molar-refractivity contribution in [1.82, 2.24) is 20.0 Å². The largest absolute Gasteiger partial charge is 0.350 e. The maximum absolute atomic E-state index is 13.7. The molecule has 2 aromatic heterocycles. The SMILES string of the molecule is Cc1cc(-c2nc(-c3ccc(F)cc3)no2)c(C)n1CC(=O)NCc1ccccc1F. The third kappa shape index (κ3) is 4.37. The fraction of sp³-hybridized carbons (Fsp3) is 0.174. The molecule has 158 valence electrons. The molecular weight excluding hydrogens is 402 g/mol. The van der Waals surface area contributed by atoms with E-state index in [-0.39, 0.29) is 30.6 Å². The number of carbonyl (C=O) groups excluding carboxylic acids is 1. The second kappa shape index (κ2) is 8.51. The summed E-state index contributed by atoms with van der Waals surface area (Å²) < 4.78 is 34.1. The number of carbonyl (C=O) groups is 1. The summed E-state index contributed by atoms with van der Waals surface area (Å²) in [6.45, 7) is 3.92. The molecule has 0 fully saturated rings. The highest BCUT2D eigenvalue weighted by atomic mass is 19.1. The van der Waals surface area contributed by atoms with Gasteiger partial charge in [0.25, 0.3) is 5.89 Å². The van der Waals surface area contributed by atoms with Gasteiger partial charge in [0.1, 0.15) is 18.2 Å². The minimum atomic E-state index is -0.355. The van der Waals surface area contributed by atoms with Crippen LogP contribution in [-0.2, 0) is 17.9 Å². The molecule has 2 heterocycles. The summed E-state index contributed by atoms with van der Waals surface area (Å²) >= 11 is 0. The fourth-order valence-corrected chi connectivity index (χ4v) is 3.35. The molecule has 0 saturated heterocycles. The van der Waals surface area contributed by atoms with Crippen LogP contribution in [0, 0.1) is 25.5 Å². The maximum Gasteiger partial charge on any atom is 0.260 e. The van der Waals surface area contributed by atoms with Crippen LogP contribution in [0.4, 0.5) is 8.78 Å². The molecule has 2 aromatic carbocycles. The van der Waals surface area contributed by atoms with Crippen LogP contribution in [0.2, 0.25) is 0 Å². The van der Waals surface area contributed by atoms with Gasteiger partial charge in [0, 0.05) is 29.1 Å². The lowest BCUT2D eigenvalue weighted by atomic mass is 10.2. The van der Waals surface area contributed by atoms with Crippen LogP contribution in [0.5, 0.6) is 0 Å². The van der Waals surface area contributed by atoms with Gasteiger partial charge in [0.05, 0.1) is 5.56 Å².